The number of thioether (sulfide) groups is 1. The molecule has 1 aromatic carbocycles. The van der Waals surface area contributed by atoms with E-state index < -0.39 is 0 Å². The lowest BCUT2D eigenvalue weighted by atomic mass is 10.2. The molecule has 8 heteroatoms. The molecule has 4 rings (SSSR count). The average Bonchev–Trinajstić information content (AvgIpc) is 3.26. The highest BCUT2D eigenvalue weighted by Crippen LogP contribution is 2.29. The summed E-state index contributed by atoms with van der Waals surface area (Å²) in [6, 6.07) is 7.73. The van der Waals surface area contributed by atoms with E-state index in [4.69, 9.17) is 4.74 Å². The summed E-state index contributed by atoms with van der Waals surface area (Å²) in [6.45, 7) is 7.20. The van der Waals surface area contributed by atoms with Crippen LogP contribution in [0.5, 0.6) is 0 Å². The molecule has 0 radical (unpaired) electrons. The molecule has 2 heterocycles. The number of aromatic nitrogens is 2. The topological polar surface area (TPSA) is 76.5 Å². The van der Waals surface area contributed by atoms with Crippen molar-refractivity contribution in [3.05, 3.63) is 51.6 Å². The summed E-state index contributed by atoms with van der Waals surface area (Å²) in [5.41, 5.74) is 4.01. The lowest BCUT2D eigenvalue weighted by molar-refractivity contribution is -0.113. The van der Waals surface area contributed by atoms with Crippen LogP contribution < -0.4 is 11.0 Å². The maximum Gasteiger partial charge on any atom is 0.348 e. The van der Waals surface area contributed by atoms with E-state index in [2.05, 4.69) is 15.2 Å². The Hall–Kier alpha value is -2.16. The Kier molecular flexibility index (Phi) is 7.42. The second-order valence-corrected chi connectivity index (χ2v) is 9.10. The minimum absolute atomic E-state index is 0.0860. The average molecular weight is 443 g/mol. The van der Waals surface area contributed by atoms with Gasteiger partial charge in [-0.05, 0) is 44.7 Å². The summed E-state index contributed by atoms with van der Waals surface area (Å²) in [4.78, 5) is 31.9. The Morgan fingerprint density at radius 3 is 2.71 bits per heavy atom. The Balaban J connectivity index is 1.37. The number of amides is 1. The minimum atomic E-state index is -0.191. The van der Waals surface area contributed by atoms with Crippen LogP contribution in [0, 0.1) is 6.92 Å². The third-order valence-corrected chi connectivity index (χ3v) is 6.85. The lowest BCUT2D eigenvalue weighted by Gasteiger charge is -2.26. The van der Waals surface area contributed by atoms with Gasteiger partial charge in [0.25, 0.3) is 0 Å². The van der Waals surface area contributed by atoms with Gasteiger partial charge in [-0.25, -0.2) is 4.79 Å². The van der Waals surface area contributed by atoms with E-state index >= 15 is 0 Å². The number of anilines is 1. The third kappa shape index (κ3) is 5.75. The van der Waals surface area contributed by atoms with Crippen LogP contribution in [0.25, 0.3) is 0 Å². The number of rotatable bonds is 8. The molecule has 1 aliphatic heterocycles. The molecule has 0 spiro atoms. The monoisotopic (exact) mass is 442 g/mol. The van der Waals surface area contributed by atoms with E-state index in [9.17, 15) is 9.59 Å². The summed E-state index contributed by atoms with van der Waals surface area (Å²) in [7, 11) is 0. The first-order chi connectivity index (χ1) is 15.1. The van der Waals surface area contributed by atoms with Gasteiger partial charge in [0.2, 0.25) is 5.91 Å². The lowest BCUT2D eigenvalue weighted by Crippen LogP contribution is -2.37. The van der Waals surface area contributed by atoms with Crippen LogP contribution in [-0.2, 0) is 28.9 Å². The molecular weight excluding hydrogens is 412 g/mol. The molecule has 0 unspecified atom stereocenters. The van der Waals surface area contributed by atoms with Gasteiger partial charge in [0.05, 0.1) is 19.0 Å². The zero-order valence-corrected chi connectivity index (χ0v) is 18.9. The van der Waals surface area contributed by atoms with E-state index in [1.165, 1.54) is 11.8 Å². The highest BCUT2D eigenvalue weighted by molar-refractivity contribution is 8.00. The standard InChI is InChI=1S/C23H30N4O3S/c1-17-6-8-18(9-7-17)24-21(28)16-31-22-19-4-2-5-20(19)27(23(29)25-22)11-3-10-26-12-14-30-15-13-26/h6-9H,2-5,10-16H2,1H3,(H,24,28). The Morgan fingerprint density at radius 1 is 1.16 bits per heavy atom. The van der Waals surface area contributed by atoms with Gasteiger partial charge in [-0.3, -0.25) is 14.3 Å². The molecule has 166 valence electrons. The molecule has 1 aliphatic carbocycles. The number of fused-ring (bicyclic) bond motifs is 1. The fraction of sp³-hybridized carbons (Fsp3) is 0.522. The molecule has 0 saturated carbocycles. The normalized spacial score (nSPS) is 16.3. The predicted octanol–water partition coefficient (Wildman–Crippen LogP) is 2.49. The van der Waals surface area contributed by atoms with Gasteiger partial charge in [0, 0.05) is 43.1 Å². The zero-order chi connectivity index (χ0) is 21.6. The van der Waals surface area contributed by atoms with Crippen molar-refractivity contribution in [2.24, 2.45) is 0 Å². The molecule has 1 N–H and O–H groups in total. The number of carbonyl (C=O) groups excluding carboxylic acids is 1. The minimum Gasteiger partial charge on any atom is -0.379 e. The number of ether oxygens (including phenoxy) is 1. The molecule has 0 bridgehead atoms. The number of carbonyl (C=O) groups is 1. The molecular formula is C23H30N4O3S. The maximum atomic E-state index is 12.8. The second-order valence-electron chi connectivity index (χ2n) is 8.14. The first kappa shape index (κ1) is 22.0. The Bertz CT molecular complexity index is 968. The van der Waals surface area contributed by atoms with Gasteiger partial charge in [-0.15, -0.1) is 0 Å². The first-order valence-electron chi connectivity index (χ1n) is 11.0. The van der Waals surface area contributed by atoms with Crippen molar-refractivity contribution in [2.45, 2.75) is 44.2 Å². The van der Waals surface area contributed by atoms with Gasteiger partial charge < -0.3 is 10.1 Å². The van der Waals surface area contributed by atoms with Gasteiger partial charge in [-0.2, -0.15) is 4.98 Å². The quantitative estimate of drug-likeness (QED) is 0.500. The fourth-order valence-electron chi connectivity index (χ4n) is 4.18. The second kappa shape index (κ2) is 10.4. The number of hydrogen-bond acceptors (Lipinski definition) is 6. The van der Waals surface area contributed by atoms with Crippen LogP contribution in [0.15, 0.2) is 34.1 Å². The number of nitrogens with zero attached hydrogens (tertiary/aromatic N) is 3. The molecule has 31 heavy (non-hydrogen) atoms. The van der Waals surface area contributed by atoms with Crippen LogP contribution in [0.4, 0.5) is 5.69 Å². The van der Waals surface area contributed by atoms with E-state index in [0.717, 1.165) is 86.1 Å². The van der Waals surface area contributed by atoms with Gasteiger partial charge in [0.1, 0.15) is 5.03 Å². The zero-order valence-electron chi connectivity index (χ0n) is 18.1. The van der Waals surface area contributed by atoms with Gasteiger partial charge in [-0.1, -0.05) is 29.5 Å². The number of nitrogens with one attached hydrogen (secondary N) is 1. The van der Waals surface area contributed by atoms with Crippen molar-refractivity contribution in [3.63, 3.8) is 0 Å². The van der Waals surface area contributed by atoms with Crippen LogP contribution in [0.1, 0.15) is 29.7 Å². The van der Waals surface area contributed by atoms with Crippen LogP contribution >= 0.6 is 11.8 Å². The largest absolute Gasteiger partial charge is 0.379 e. The summed E-state index contributed by atoms with van der Waals surface area (Å²) in [5.74, 6) is 0.158. The van der Waals surface area contributed by atoms with Crippen LogP contribution in [0.2, 0.25) is 0 Å². The van der Waals surface area contributed by atoms with Crippen molar-refractivity contribution < 1.29 is 9.53 Å². The number of benzene rings is 1. The van der Waals surface area contributed by atoms with Crippen molar-refractivity contribution in [1.82, 2.24) is 14.5 Å². The molecule has 1 aromatic heterocycles. The SMILES string of the molecule is Cc1ccc(NC(=O)CSc2nc(=O)n(CCCN3CCOCC3)c3c2CCC3)cc1. The fourth-order valence-corrected chi connectivity index (χ4v) is 5.06. The van der Waals surface area contributed by atoms with E-state index in [1.807, 2.05) is 35.8 Å². The summed E-state index contributed by atoms with van der Waals surface area (Å²) in [5, 5.41) is 3.63. The molecule has 7 nitrogen and oxygen atoms in total. The first-order valence-corrected chi connectivity index (χ1v) is 12.0. The highest BCUT2D eigenvalue weighted by Gasteiger charge is 2.22. The Morgan fingerprint density at radius 2 is 1.94 bits per heavy atom. The summed E-state index contributed by atoms with van der Waals surface area (Å²) < 4.78 is 7.26. The van der Waals surface area contributed by atoms with Crippen molar-refractivity contribution >= 4 is 23.4 Å². The molecule has 1 fully saturated rings. The summed E-state index contributed by atoms with van der Waals surface area (Å²) in [6.07, 6.45) is 3.80. The van der Waals surface area contributed by atoms with Crippen molar-refractivity contribution in [2.75, 3.05) is 43.9 Å². The van der Waals surface area contributed by atoms with Crippen molar-refractivity contribution in [3.8, 4) is 0 Å². The van der Waals surface area contributed by atoms with E-state index in [1.54, 1.807) is 0 Å². The highest BCUT2D eigenvalue weighted by atomic mass is 32.2. The smallest absolute Gasteiger partial charge is 0.348 e. The third-order valence-electron chi connectivity index (χ3n) is 5.84. The van der Waals surface area contributed by atoms with E-state index in [0.29, 0.717) is 6.54 Å². The molecule has 2 aromatic rings. The maximum absolute atomic E-state index is 12.8. The predicted molar refractivity (Wildman–Crippen MR) is 123 cm³/mol. The van der Waals surface area contributed by atoms with Crippen LogP contribution in [-0.4, -0.2) is 59.0 Å². The Labute approximate surface area is 187 Å². The molecule has 2 aliphatic rings. The molecule has 1 saturated heterocycles. The number of morpholine rings is 1. The molecule has 1 amide bonds. The van der Waals surface area contributed by atoms with E-state index in [-0.39, 0.29) is 17.3 Å². The number of aryl methyl sites for hydroxylation is 1. The number of hydrogen-bond donors (Lipinski definition) is 1. The van der Waals surface area contributed by atoms with Crippen LogP contribution in [0.3, 0.4) is 0 Å². The van der Waals surface area contributed by atoms with Crippen molar-refractivity contribution in [1.29, 1.82) is 0 Å². The molecule has 0 atom stereocenters. The van der Waals surface area contributed by atoms with Gasteiger partial charge in [0.15, 0.2) is 0 Å². The van der Waals surface area contributed by atoms with Gasteiger partial charge >= 0.3 is 5.69 Å². The summed E-state index contributed by atoms with van der Waals surface area (Å²) >= 11 is 1.37.